The molecule has 2 aromatic carbocycles. The number of anilines is 1. The molecule has 2 N–H and O–H groups in total. The molecular formula is C20H20Cl2N2O2. The van der Waals surface area contributed by atoms with E-state index in [4.69, 9.17) is 27.9 Å². The van der Waals surface area contributed by atoms with E-state index in [1.54, 1.807) is 6.07 Å². The second kappa shape index (κ2) is 8.12. The fourth-order valence-electron chi connectivity index (χ4n) is 2.90. The average molecular weight is 391 g/mol. The van der Waals surface area contributed by atoms with Crippen LogP contribution >= 0.6 is 23.2 Å². The summed E-state index contributed by atoms with van der Waals surface area (Å²) < 4.78 is 5.71. The highest BCUT2D eigenvalue weighted by Crippen LogP contribution is 2.36. The molecule has 0 bridgehead atoms. The third kappa shape index (κ3) is 4.39. The third-order valence-corrected chi connectivity index (χ3v) is 4.68. The molecule has 1 heterocycles. The molecule has 1 amide bonds. The van der Waals surface area contributed by atoms with Crippen molar-refractivity contribution in [1.82, 2.24) is 5.32 Å². The van der Waals surface area contributed by atoms with Crippen molar-refractivity contribution in [3.05, 3.63) is 62.6 Å². The van der Waals surface area contributed by atoms with E-state index in [1.807, 2.05) is 44.2 Å². The molecule has 136 valence electrons. The molecule has 0 saturated carbocycles. The number of para-hydroxylation sites is 1. The monoisotopic (exact) mass is 390 g/mol. The summed E-state index contributed by atoms with van der Waals surface area (Å²) in [5.74, 6) is 0.568. The van der Waals surface area contributed by atoms with Gasteiger partial charge in [-0.15, -0.1) is 0 Å². The molecule has 1 aliphatic rings. The Morgan fingerprint density at radius 1 is 1.19 bits per heavy atom. The van der Waals surface area contributed by atoms with Crippen LogP contribution in [0.2, 0.25) is 10.0 Å². The van der Waals surface area contributed by atoms with Crippen LogP contribution in [0, 0.1) is 13.8 Å². The number of hydrogen-bond acceptors (Lipinski definition) is 3. The number of hydrogen-bond donors (Lipinski definition) is 2. The van der Waals surface area contributed by atoms with Gasteiger partial charge in [0.2, 0.25) is 5.91 Å². The van der Waals surface area contributed by atoms with Crippen molar-refractivity contribution in [1.29, 1.82) is 0 Å². The SMILES string of the molecule is Cc1cccc(C)c1NC(=O)CNCC1=Cc2cc(Cl)cc(Cl)c2OC1. The second-order valence-electron chi connectivity index (χ2n) is 6.32. The van der Waals surface area contributed by atoms with Gasteiger partial charge in [-0.3, -0.25) is 4.79 Å². The molecule has 4 nitrogen and oxygen atoms in total. The maximum atomic E-state index is 12.2. The van der Waals surface area contributed by atoms with Crippen LogP contribution in [-0.2, 0) is 4.79 Å². The van der Waals surface area contributed by atoms with Crippen LogP contribution in [0.15, 0.2) is 35.9 Å². The number of carbonyl (C=O) groups is 1. The van der Waals surface area contributed by atoms with E-state index in [2.05, 4.69) is 10.6 Å². The van der Waals surface area contributed by atoms with Gasteiger partial charge in [-0.25, -0.2) is 0 Å². The van der Waals surface area contributed by atoms with E-state index in [0.29, 0.717) is 28.9 Å². The van der Waals surface area contributed by atoms with Crippen molar-refractivity contribution in [3.8, 4) is 5.75 Å². The molecule has 3 rings (SSSR count). The Morgan fingerprint density at radius 3 is 2.65 bits per heavy atom. The van der Waals surface area contributed by atoms with Gasteiger partial charge in [0, 0.05) is 22.8 Å². The number of fused-ring (bicyclic) bond motifs is 1. The zero-order valence-corrected chi connectivity index (χ0v) is 16.2. The highest BCUT2D eigenvalue weighted by Gasteiger charge is 2.16. The number of nitrogens with one attached hydrogen (secondary N) is 2. The van der Waals surface area contributed by atoms with E-state index < -0.39 is 0 Å². The smallest absolute Gasteiger partial charge is 0.238 e. The zero-order chi connectivity index (χ0) is 18.7. The lowest BCUT2D eigenvalue weighted by molar-refractivity contribution is -0.115. The summed E-state index contributed by atoms with van der Waals surface area (Å²) in [6.07, 6.45) is 1.99. The summed E-state index contributed by atoms with van der Waals surface area (Å²) in [4.78, 5) is 12.2. The Balaban J connectivity index is 1.57. The topological polar surface area (TPSA) is 50.4 Å². The van der Waals surface area contributed by atoms with Crippen molar-refractivity contribution >= 4 is 40.9 Å². The summed E-state index contributed by atoms with van der Waals surface area (Å²) in [6, 6.07) is 9.42. The first-order chi connectivity index (χ1) is 12.4. The minimum Gasteiger partial charge on any atom is -0.487 e. The van der Waals surface area contributed by atoms with Crippen LogP contribution in [0.4, 0.5) is 5.69 Å². The molecule has 0 aromatic heterocycles. The fourth-order valence-corrected chi connectivity index (χ4v) is 3.46. The Bertz CT molecular complexity index is 858. The average Bonchev–Trinajstić information content (AvgIpc) is 2.58. The van der Waals surface area contributed by atoms with Crippen molar-refractivity contribution in [2.75, 3.05) is 25.0 Å². The normalized spacial score (nSPS) is 12.8. The molecule has 26 heavy (non-hydrogen) atoms. The highest BCUT2D eigenvalue weighted by molar-refractivity contribution is 6.36. The van der Waals surface area contributed by atoms with Gasteiger partial charge in [-0.2, -0.15) is 0 Å². The lowest BCUT2D eigenvalue weighted by atomic mass is 10.1. The molecule has 0 unspecified atom stereocenters. The summed E-state index contributed by atoms with van der Waals surface area (Å²) in [6.45, 7) is 5.15. The number of aryl methyl sites for hydroxylation is 2. The first kappa shape index (κ1) is 18.8. The van der Waals surface area contributed by atoms with E-state index in [9.17, 15) is 4.79 Å². The predicted molar refractivity (Wildman–Crippen MR) is 107 cm³/mol. The first-order valence-electron chi connectivity index (χ1n) is 8.32. The molecule has 0 fully saturated rings. The number of amides is 1. The van der Waals surface area contributed by atoms with Gasteiger partial charge in [0.25, 0.3) is 0 Å². The lowest BCUT2D eigenvalue weighted by Gasteiger charge is -2.19. The zero-order valence-electron chi connectivity index (χ0n) is 14.7. The number of rotatable bonds is 5. The molecule has 0 aliphatic carbocycles. The van der Waals surface area contributed by atoms with Gasteiger partial charge >= 0.3 is 0 Å². The van der Waals surface area contributed by atoms with Gasteiger partial charge in [0.1, 0.15) is 12.4 Å². The van der Waals surface area contributed by atoms with Crippen molar-refractivity contribution in [2.24, 2.45) is 0 Å². The molecule has 0 saturated heterocycles. The minimum absolute atomic E-state index is 0.0776. The molecule has 0 spiro atoms. The summed E-state index contributed by atoms with van der Waals surface area (Å²) >= 11 is 12.2. The molecule has 0 radical (unpaired) electrons. The van der Waals surface area contributed by atoms with Crippen LogP contribution in [0.5, 0.6) is 5.75 Å². The molecule has 1 aliphatic heterocycles. The maximum absolute atomic E-state index is 12.2. The number of ether oxygens (including phenoxy) is 1. The van der Waals surface area contributed by atoms with Gasteiger partial charge < -0.3 is 15.4 Å². The van der Waals surface area contributed by atoms with Gasteiger partial charge in [-0.1, -0.05) is 41.4 Å². The van der Waals surface area contributed by atoms with Gasteiger partial charge in [0.15, 0.2) is 0 Å². The van der Waals surface area contributed by atoms with Crippen LogP contribution in [0.25, 0.3) is 6.08 Å². The summed E-state index contributed by atoms with van der Waals surface area (Å²) in [5.41, 5.74) is 4.85. The van der Waals surface area contributed by atoms with E-state index in [-0.39, 0.29) is 12.5 Å². The number of carbonyl (C=O) groups excluding carboxylic acids is 1. The standard InChI is InChI=1S/C20H20Cl2N2O2/c1-12-4-3-5-13(2)19(12)24-18(25)10-23-9-14-6-15-7-16(21)8-17(22)20(15)26-11-14/h3-8,23H,9-11H2,1-2H3,(H,24,25). The Hall–Kier alpha value is -2.01. The van der Waals surface area contributed by atoms with Gasteiger partial charge in [0.05, 0.1) is 11.6 Å². The molecule has 0 atom stereocenters. The lowest BCUT2D eigenvalue weighted by Crippen LogP contribution is -2.31. The Labute approximate surface area is 163 Å². The van der Waals surface area contributed by atoms with Crippen molar-refractivity contribution in [3.63, 3.8) is 0 Å². The van der Waals surface area contributed by atoms with Crippen LogP contribution in [0.3, 0.4) is 0 Å². The van der Waals surface area contributed by atoms with Crippen molar-refractivity contribution in [2.45, 2.75) is 13.8 Å². The fraction of sp³-hybridized carbons (Fsp3) is 0.250. The minimum atomic E-state index is -0.0776. The summed E-state index contributed by atoms with van der Waals surface area (Å²) in [5, 5.41) is 7.18. The van der Waals surface area contributed by atoms with E-state index in [0.717, 1.165) is 28.0 Å². The first-order valence-corrected chi connectivity index (χ1v) is 9.07. The molecular weight excluding hydrogens is 371 g/mol. The number of benzene rings is 2. The van der Waals surface area contributed by atoms with E-state index >= 15 is 0 Å². The number of halogens is 2. The Morgan fingerprint density at radius 2 is 1.92 bits per heavy atom. The predicted octanol–water partition coefficient (Wildman–Crippen LogP) is 4.61. The third-order valence-electron chi connectivity index (χ3n) is 4.18. The van der Waals surface area contributed by atoms with Gasteiger partial charge in [-0.05, 0) is 48.8 Å². The second-order valence-corrected chi connectivity index (χ2v) is 7.16. The Kier molecular flexibility index (Phi) is 5.87. The van der Waals surface area contributed by atoms with Crippen molar-refractivity contribution < 1.29 is 9.53 Å². The highest BCUT2D eigenvalue weighted by atomic mass is 35.5. The van der Waals surface area contributed by atoms with Crippen LogP contribution in [0.1, 0.15) is 16.7 Å². The van der Waals surface area contributed by atoms with Crippen LogP contribution in [-0.4, -0.2) is 25.6 Å². The molecule has 2 aromatic rings. The molecule has 6 heteroatoms. The van der Waals surface area contributed by atoms with Crippen LogP contribution < -0.4 is 15.4 Å². The quantitative estimate of drug-likeness (QED) is 0.783. The summed E-state index contributed by atoms with van der Waals surface area (Å²) in [7, 11) is 0. The maximum Gasteiger partial charge on any atom is 0.238 e. The largest absolute Gasteiger partial charge is 0.487 e. The van der Waals surface area contributed by atoms with E-state index in [1.165, 1.54) is 0 Å².